The van der Waals surface area contributed by atoms with Gasteiger partial charge in [-0.05, 0) is 66.7 Å². The van der Waals surface area contributed by atoms with Crippen molar-refractivity contribution >= 4 is 47.8 Å². The van der Waals surface area contributed by atoms with Gasteiger partial charge in [0.2, 0.25) is 0 Å². The van der Waals surface area contributed by atoms with Crippen LogP contribution in [0.25, 0.3) is 11.5 Å². The Hall–Kier alpha value is -0.530. The third kappa shape index (κ3) is 2.68. The highest BCUT2D eigenvalue weighted by atomic mass is 79.9. The SMILES string of the molecule is O=c1[nH]c(-c2ncc(Br)cc2Br)nc(C2CC2)c1Br. The van der Waals surface area contributed by atoms with Gasteiger partial charge in [0.25, 0.3) is 5.56 Å². The number of aromatic nitrogens is 3. The maximum absolute atomic E-state index is 11.9. The number of nitrogens with zero attached hydrogens (tertiary/aromatic N) is 2. The van der Waals surface area contributed by atoms with Crippen LogP contribution in [0.5, 0.6) is 0 Å². The first-order chi connectivity index (χ1) is 9.06. The van der Waals surface area contributed by atoms with Gasteiger partial charge in [-0.3, -0.25) is 9.78 Å². The van der Waals surface area contributed by atoms with E-state index in [1.807, 2.05) is 6.07 Å². The molecule has 1 saturated carbocycles. The molecule has 1 aliphatic carbocycles. The van der Waals surface area contributed by atoms with Gasteiger partial charge >= 0.3 is 0 Å². The summed E-state index contributed by atoms with van der Waals surface area (Å²) in [5.74, 6) is 0.888. The predicted octanol–water partition coefficient (Wildman–Crippen LogP) is 4.00. The zero-order chi connectivity index (χ0) is 13.6. The molecule has 0 atom stereocenters. The molecule has 7 heteroatoms. The fraction of sp³-hybridized carbons (Fsp3) is 0.250. The molecule has 98 valence electrons. The van der Waals surface area contributed by atoms with Crippen LogP contribution < -0.4 is 5.56 Å². The second-order valence-electron chi connectivity index (χ2n) is 4.37. The molecule has 0 bridgehead atoms. The molecule has 0 unspecified atom stereocenters. The van der Waals surface area contributed by atoms with Crippen LogP contribution in [-0.2, 0) is 0 Å². The molecule has 4 nitrogen and oxygen atoms in total. The lowest BCUT2D eigenvalue weighted by atomic mass is 10.2. The molecular weight excluding hydrogens is 442 g/mol. The minimum atomic E-state index is -0.163. The quantitative estimate of drug-likeness (QED) is 0.754. The zero-order valence-electron chi connectivity index (χ0n) is 9.58. The van der Waals surface area contributed by atoms with E-state index in [-0.39, 0.29) is 5.56 Å². The molecule has 1 fully saturated rings. The molecule has 2 heterocycles. The molecule has 0 radical (unpaired) electrons. The Morgan fingerprint density at radius 3 is 2.63 bits per heavy atom. The van der Waals surface area contributed by atoms with Gasteiger partial charge in [0, 0.05) is 21.1 Å². The van der Waals surface area contributed by atoms with Gasteiger partial charge in [-0.15, -0.1) is 0 Å². The normalized spacial score (nSPS) is 14.7. The van der Waals surface area contributed by atoms with Crippen molar-refractivity contribution in [1.29, 1.82) is 0 Å². The zero-order valence-corrected chi connectivity index (χ0v) is 14.3. The highest BCUT2D eigenvalue weighted by molar-refractivity contribution is 9.11. The predicted molar refractivity (Wildman–Crippen MR) is 83.2 cm³/mol. The number of H-pyrrole nitrogens is 1. The Labute approximate surface area is 134 Å². The van der Waals surface area contributed by atoms with Crippen molar-refractivity contribution in [2.24, 2.45) is 0 Å². The summed E-state index contributed by atoms with van der Waals surface area (Å²) in [6, 6.07) is 1.88. The molecule has 1 aliphatic rings. The number of hydrogen-bond donors (Lipinski definition) is 1. The molecule has 19 heavy (non-hydrogen) atoms. The molecule has 0 saturated heterocycles. The topological polar surface area (TPSA) is 58.6 Å². The summed E-state index contributed by atoms with van der Waals surface area (Å²) in [6.45, 7) is 0. The van der Waals surface area contributed by atoms with Gasteiger partial charge in [-0.1, -0.05) is 0 Å². The van der Waals surface area contributed by atoms with Gasteiger partial charge in [0.15, 0.2) is 5.82 Å². The lowest BCUT2D eigenvalue weighted by Gasteiger charge is -2.07. The van der Waals surface area contributed by atoms with E-state index in [2.05, 4.69) is 62.7 Å². The van der Waals surface area contributed by atoms with Gasteiger partial charge in [-0.2, -0.15) is 0 Å². The molecule has 2 aromatic rings. The summed E-state index contributed by atoms with van der Waals surface area (Å²) < 4.78 is 2.19. The minimum absolute atomic E-state index is 0.163. The summed E-state index contributed by atoms with van der Waals surface area (Å²) in [4.78, 5) is 23.5. The highest BCUT2D eigenvalue weighted by Gasteiger charge is 2.29. The lowest BCUT2D eigenvalue weighted by Crippen LogP contribution is -2.13. The van der Waals surface area contributed by atoms with E-state index < -0.39 is 0 Å². The monoisotopic (exact) mass is 447 g/mol. The van der Waals surface area contributed by atoms with Crippen molar-refractivity contribution in [3.63, 3.8) is 0 Å². The molecule has 0 spiro atoms. The first-order valence-corrected chi connectivity index (χ1v) is 8.05. The van der Waals surface area contributed by atoms with E-state index in [0.29, 0.717) is 21.9 Å². The van der Waals surface area contributed by atoms with Crippen LogP contribution in [0.3, 0.4) is 0 Å². The number of rotatable bonds is 2. The molecule has 1 N–H and O–H groups in total. The highest BCUT2D eigenvalue weighted by Crippen LogP contribution is 2.41. The Morgan fingerprint density at radius 2 is 2.00 bits per heavy atom. The Morgan fingerprint density at radius 1 is 1.26 bits per heavy atom. The third-order valence-electron chi connectivity index (χ3n) is 2.88. The summed E-state index contributed by atoms with van der Waals surface area (Å²) in [5, 5.41) is 0. The van der Waals surface area contributed by atoms with Crippen LogP contribution in [0.15, 0.2) is 30.5 Å². The molecule has 0 aromatic carbocycles. The van der Waals surface area contributed by atoms with Gasteiger partial charge < -0.3 is 4.98 Å². The van der Waals surface area contributed by atoms with Crippen LogP contribution in [0.1, 0.15) is 24.5 Å². The van der Waals surface area contributed by atoms with Crippen molar-refractivity contribution in [3.05, 3.63) is 41.7 Å². The number of aromatic amines is 1. The van der Waals surface area contributed by atoms with Crippen molar-refractivity contribution in [2.75, 3.05) is 0 Å². The van der Waals surface area contributed by atoms with Crippen molar-refractivity contribution in [1.82, 2.24) is 15.0 Å². The maximum Gasteiger partial charge on any atom is 0.265 e. The number of halogens is 3. The summed E-state index contributed by atoms with van der Waals surface area (Å²) in [7, 11) is 0. The van der Waals surface area contributed by atoms with Crippen molar-refractivity contribution in [3.8, 4) is 11.5 Å². The van der Waals surface area contributed by atoms with Gasteiger partial charge in [-0.25, -0.2) is 4.98 Å². The van der Waals surface area contributed by atoms with E-state index in [1.165, 1.54) is 0 Å². The smallest absolute Gasteiger partial charge is 0.265 e. The van der Waals surface area contributed by atoms with Crippen LogP contribution in [0, 0.1) is 0 Å². The van der Waals surface area contributed by atoms with E-state index >= 15 is 0 Å². The molecule has 3 rings (SSSR count). The van der Waals surface area contributed by atoms with Crippen LogP contribution in [0.4, 0.5) is 0 Å². The average Bonchev–Trinajstić information content (AvgIpc) is 3.17. The van der Waals surface area contributed by atoms with Crippen molar-refractivity contribution < 1.29 is 0 Å². The summed E-state index contributed by atoms with van der Waals surface area (Å²) >= 11 is 10.1. The summed E-state index contributed by atoms with van der Waals surface area (Å²) in [6.07, 6.45) is 3.85. The molecule has 0 aliphatic heterocycles. The first-order valence-electron chi connectivity index (χ1n) is 5.67. The van der Waals surface area contributed by atoms with E-state index in [0.717, 1.165) is 27.5 Å². The van der Waals surface area contributed by atoms with E-state index in [4.69, 9.17) is 0 Å². The Balaban J connectivity index is 2.17. The van der Waals surface area contributed by atoms with Crippen LogP contribution in [-0.4, -0.2) is 15.0 Å². The average molecular weight is 450 g/mol. The standard InChI is InChI=1S/C12H8Br3N3O/c13-6-3-7(14)10(16-4-6)11-17-9(5-1-2-5)8(15)12(19)18-11/h3-5H,1-2H2,(H,17,18,19). The van der Waals surface area contributed by atoms with Crippen LogP contribution >= 0.6 is 47.8 Å². The fourth-order valence-corrected chi connectivity index (χ4v) is 3.49. The second-order valence-corrected chi connectivity index (χ2v) is 6.94. The summed E-state index contributed by atoms with van der Waals surface area (Å²) in [5.41, 5.74) is 1.30. The Kier molecular flexibility index (Phi) is 3.61. The number of hydrogen-bond acceptors (Lipinski definition) is 3. The lowest BCUT2D eigenvalue weighted by molar-refractivity contribution is 0.952. The minimum Gasteiger partial charge on any atom is -0.304 e. The van der Waals surface area contributed by atoms with E-state index in [1.54, 1.807) is 6.20 Å². The first kappa shape index (κ1) is 13.5. The third-order valence-corrected chi connectivity index (χ3v) is 4.69. The van der Waals surface area contributed by atoms with Gasteiger partial charge in [0.1, 0.15) is 10.2 Å². The molecule has 0 amide bonds. The second kappa shape index (κ2) is 5.10. The fourth-order valence-electron chi connectivity index (χ4n) is 1.80. The molecular formula is C12H8Br3N3O. The number of pyridine rings is 1. The van der Waals surface area contributed by atoms with Gasteiger partial charge in [0.05, 0.1) is 5.69 Å². The number of nitrogens with one attached hydrogen (secondary N) is 1. The largest absolute Gasteiger partial charge is 0.304 e. The Bertz CT molecular complexity index is 710. The van der Waals surface area contributed by atoms with Crippen molar-refractivity contribution in [2.45, 2.75) is 18.8 Å². The van der Waals surface area contributed by atoms with Crippen LogP contribution in [0.2, 0.25) is 0 Å². The maximum atomic E-state index is 11.9. The molecule has 2 aromatic heterocycles. The van der Waals surface area contributed by atoms with E-state index in [9.17, 15) is 4.79 Å².